The van der Waals surface area contributed by atoms with Crippen LogP contribution in [0.15, 0.2) is 24.3 Å². The van der Waals surface area contributed by atoms with Crippen LogP contribution in [0.5, 0.6) is 5.75 Å². The van der Waals surface area contributed by atoms with Crippen LogP contribution in [0.2, 0.25) is 0 Å². The van der Waals surface area contributed by atoms with Crippen LogP contribution in [0.3, 0.4) is 0 Å². The van der Waals surface area contributed by atoms with E-state index in [1.807, 2.05) is 24.3 Å². The van der Waals surface area contributed by atoms with E-state index in [-0.39, 0.29) is 6.61 Å². The van der Waals surface area contributed by atoms with Crippen molar-refractivity contribution in [1.82, 2.24) is 0 Å². The Bertz CT molecular complexity index is 278. The van der Waals surface area contributed by atoms with Crippen molar-refractivity contribution in [2.45, 2.75) is 0 Å². The van der Waals surface area contributed by atoms with Crippen molar-refractivity contribution in [3.8, 4) is 5.75 Å². The Balaban J connectivity index is 2.30. The summed E-state index contributed by atoms with van der Waals surface area (Å²) in [6.45, 7) is 1.71. The van der Waals surface area contributed by atoms with Gasteiger partial charge in [-0.25, -0.2) is 0 Å². The van der Waals surface area contributed by atoms with Gasteiger partial charge in [-0.3, -0.25) is 0 Å². The molecule has 0 saturated heterocycles. The van der Waals surface area contributed by atoms with Crippen molar-refractivity contribution < 1.29 is 14.6 Å². The Morgan fingerprint density at radius 2 is 2.07 bits per heavy atom. The van der Waals surface area contributed by atoms with Gasteiger partial charge in [0.05, 0.1) is 32.6 Å². The van der Waals surface area contributed by atoms with Gasteiger partial charge in [-0.2, -0.15) is 0 Å². The summed E-state index contributed by atoms with van der Waals surface area (Å²) in [5, 5.41) is 11.7. The minimum Gasteiger partial charge on any atom is -0.495 e. The number of aliphatic hydroxyl groups excluding tert-OH is 1. The van der Waals surface area contributed by atoms with E-state index >= 15 is 0 Å². The Hall–Kier alpha value is -1.26. The number of methoxy groups -OCH3 is 1. The molecule has 1 aromatic rings. The van der Waals surface area contributed by atoms with Crippen molar-refractivity contribution in [2.75, 3.05) is 38.8 Å². The number of anilines is 1. The summed E-state index contributed by atoms with van der Waals surface area (Å²) in [5.74, 6) is 0.819. The van der Waals surface area contributed by atoms with E-state index in [2.05, 4.69) is 5.32 Å². The van der Waals surface area contributed by atoms with Gasteiger partial charge in [0.2, 0.25) is 0 Å². The molecular weight excluding hydrogens is 194 g/mol. The smallest absolute Gasteiger partial charge is 0.141 e. The van der Waals surface area contributed by atoms with Crippen molar-refractivity contribution in [2.24, 2.45) is 0 Å². The molecule has 1 rings (SSSR count). The molecule has 0 fully saturated rings. The maximum absolute atomic E-state index is 8.50. The van der Waals surface area contributed by atoms with Crippen LogP contribution in [0, 0.1) is 0 Å². The van der Waals surface area contributed by atoms with E-state index in [4.69, 9.17) is 14.6 Å². The molecule has 0 atom stereocenters. The Morgan fingerprint density at radius 3 is 2.80 bits per heavy atom. The molecule has 0 aliphatic rings. The minimum atomic E-state index is 0.0641. The molecule has 0 spiro atoms. The topological polar surface area (TPSA) is 50.7 Å². The largest absolute Gasteiger partial charge is 0.495 e. The molecule has 1 aromatic carbocycles. The molecule has 0 aliphatic carbocycles. The number of ether oxygens (including phenoxy) is 2. The second-order valence-corrected chi connectivity index (χ2v) is 2.96. The highest BCUT2D eigenvalue weighted by atomic mass is 16.5. The minimum absolute atomic E-state index is 0.0641. The fraction of sp³-hybridized carbons (Fsp3) is 0.455. The number of hydrogen-bond donors (Lipinski definition) is 2. The maximum atomic E-state index is 8.50. The Morgan fingerprint density at radius 1 is 1.27 bits per heavy atom. The molecule has 15 heavy (non-hydrogen) atoms. The monoisotopic (exact) mass is 211 g/mol. The number of para-hydroxylation sites is 2. The van der Waals surface area contributed by atoms with Crippen molar-refractivity contribution in [1.29, 1.82) is 0 Å². The zero-order valence-electron chi connectivity index (χ0n) is 8.90. The Kier molecular flexibility index (Phi) is 5.58. The fourth-order valence-corrected chi connectivity index (χ4v) is 1.22. The third kappa shape index (κ3) is 4.18. The van der Waals surface area contributed by atoms with Crippen LogP contribution in [0.25, 0.3) is 0 Å². The molecule has 0 amide bonds. The highest BCUT2D eigenvalue weighted by molar-refractivity contribution is 5.55. The highest BCUT2D eigenvalue weighted by Crippen LogP contribution is 2.22. The number of rotatable bonds is 7. The first-order valence-corrected chi connectivity index (χ1v) is 4.94. The van der Waals surface area contributed by atoms with E-state index in [9.17, 15) is 0 Å². The predicted octanol–water partition coefficient (Wildman–Crippen LogP) is 1.12. The molecule has 0 unspecified atom stereocenters. The lowest BCUT2D eigenvalue weighted by Gasteiger charge is -2.10. The van der Waals surface area contributed by atoms with Crippen molar-refractivity contribution >= 4 is 5.69 Å². The Labute approximate surface area is 89.8 Å². The van der Waals surface area contributed by atoms with Gasteiger partial charge in [0.1, 0.15) is 5.75 Å². The highest BCUT2D eigenvalue weighted by Gasteiger charge is 1.99. The lowest BCUT2D eigenvalue weighted by Crippen LogP contribution is -2.11. The van der Waals surface area contributed by atoms with Crippen LogP contribution < -0.4 is 10.1 Å². The maximum Gasteiger partial charge on any atom is 0.141 e. The fourth-order valence-electron chi connectivity index (χ4n) is 1.22. The summed E-state index contributed by atoms with van der Waals surface area (Å²) < 4.78 is 10.3. The summed E-state index contributed by atoms with van der Waals surface area (Å²) in [7, 11) is 1.64. The molecule has 0 aromatic heterocycles. The lowest BCUT2D eigenvalue weighted by atomic mass is 10.3. The zero-order valence-corrected chi connectivity index (χ0v) is 8.90. The summed E-state index contributed by atoms with van der Waals surface area (Å²) in [5.41, 5.74) is 0.951. The molecule has 84 valence electrons. The molecule has 0 heterocycles. The van der Waals surface area contributed by atoms with Gasteiger partial charge in [-0.1, -0.05) is 12.1 Å². The standard InChI is InChI=1S/C11H17NO3/c1-14-11-5-3-2-4-10(11)12-6-8-15-9-7-13/h2-5,12-13H,6-9H2,1H3. The average molecular weight is 211 g/mol. The van der Waals surface area contributed by atoms with Gasteiger partial charge < -0.3 is 19.9 Å². The molecule has 0 saturated carbocycles. The average Bonchev–Trinajstić information content (AvgIpc) is 2.29. The van der Waals surface area contributed by atoms with Crippen molar-refractivity contribution in [3.63, 3.8) is 0 Å². The normalized spacial score (nSPS) is 10.0. The summed E-state index contributed by atoms with van der Waals surface area (Å²) in [6.07, 6.45) is 0. The van der Waals surface area contributed by atoms with Crippen LogP contribution >= 0.6 is 0 Å². The van der Waals surface area contributed by atoms with Gasteiger partial charge >= 0.3 is 0 Å². The SMILES string of the molecule is COc1ccccc1NCCOCCO. The zero-order chi connectivity index (χ0) is 10.9. The third-order valence-electron chi connectivity index (χ3n) is 1.90. The van der Waals surface area contributed by atoms with Gasteiger partial charge in [-0.05, 0) is 12.1 Å². The first kappa shape index (κ1) is 11.8. The van der Waals surface area contributed by atoms with Gasteiger partial charge in [-0.15, -0.1) is 0 Å². The van der Waals surface area contributed by atoms with Crippen LogP contribution in [0.1, 0.15) is 0 Å². The number of benzene rings is 1. The summed E-state index contributed by atoms with van der Waals surface area (Å²) in [6, 6.07) is 7.72. The quantitative estimate of drug-likeness (QED) is 0.663. The van der Waals surface area contributed by atoms with Crippen LogP contribution in [-0.2, 0) is 4.74 Å². The first-order chi connectivity index (χ1) is 7.38. The molecule has 0 radical (unpaired) electrons. The molecule has 2 N–H and O–H groups in total. The van der Waals surface area contributed by atoms with Gasteiger partial charge in [0.25, 0.3) is 0 Å². The van der Waals surface area contributed by atoms with E-state index in [0.717, 1.165) is 11.4 Å². The van der Waals surface area contributed by atoms with Gasteiger partial charge in [0.15, 0.2) is 0 Å². The van der Waals surface area contributed by atoms with E-state index in [1.54, 1.807) is 7.11 Å². The molecule has 4 heteroatoms. The molecule has 4 nitrogen and oxygen atoms in total. The lowest BCUT2D eigenvalue weighted by molar-refractivity contribution is 0.0992. The molecular formula is C11H17NO3. The van der Waals surface area contributed by atoms with Crippen LogP contribution in [0.4, 0.5) is 5.69 Å². The summed E-state index contributed by atoms with van der Waals surface area (Å²) in [4.78, 5) is 0. The van der Waals surface area contributed by atoms with E-state index in [1.165, 1.54) is 0 Å². The van der Waals surface area contributed by atoms with Crippen molar-refractivity contribution in [3.05, 3.63) is 24.3 Å². The summed E-state index contributed by atoms with van der Waals surface area (Å²) >= 11 is 0. The third-order valence-corrected chi connectivity index (χ3v) is 1.90. The molecule has 0 aliphatic heterocycles. The molecule has 0 bridgehead atoms. The van der Waals surface area contributed by atoms with E-state index < -0.39 is 0 Å². The number of aliphatic hydroxyl groups is 1. The second-order valence-electron chi connectivity index (χ2n) is 2.96. The van der Waals surface area contributed by atoms with E-state index in [0.29, 0.717) is 19.8 Å². The second kappa shape index (κ2) is 7.09. The van der Waals surface area contributed by atoms with Crippen LogP contribution in [-0.4, -0.2) is 38.6 Å². The number of nitrogens with one attached hydrogen (secondary N) is 1. The number of hydrogen-bond acceptors (Lipinski definition) is 4. The first-order valence-electron chi connectivity index (χ1n) is 4.94. The predicted molar refractivity (Wildman–Crippen MR) is 59.4 cm³/mol. The van der Waals surface area contributed by atoms with Gasteiger partial charge in [0, 0.05) is 6.54 Å².